The number of hydrogen-bond acceptors (Lipinski definition) is 7. The first-order chi connectivity index (χ1) is 8.11. The predicted octanol–water partition coefficient (Wildman–Crippen LogP) is -1.16. The molecule has 0 saturated carbocycles. The number of rotatable bonds is 4. The summed E-state index contributed by atoms with van der Waals surface area (Å²) in [7, 11) is 0. The Hall–Kier alpha value is -1.64. The number of nitrogens with zero attached hydrogens (tertiary/aromatic N) is 4. The van der Waals surface area contributed by atoms with E-state index in [0.29, 0.717) is 11.2 Å². The number of aliphatic hydroxyl groups is 2. The van der Waals surface area contributed by atoms with Gasteiger partial charge in [-0.2, -0.15) is 14.7 Å². The summed E-state index contributed by atoms with van der Waals surface area (Å²) in [5, 5.41) is 17.9. The Morgan fingerprint density at radius 3 is 3.00 bits per heavy atom. The van der Waals surface area contributed by atoms with Crippen LogP contribution >= 0.6 is 11.6 Å². The molecule has 4 N–H and O–H groups in total. The lowest BCUT2D eigenvalue weighted by atomic mass is 10.4. The van der Waals surface area contributed by atoms with Crippen LogP contribution in [0.2, 0.25) is 5.15 Å². The number of anilines is 1. The average Bonchev–Trinajstić information content (AvgIpc) is 2.69. The van der Waals surface area contributed by atoms with Crippen molar-refractivity contribution in [1.82, 2.24) is 19.7 Å². The summed E-state index contributed by atoms with van der Waals surface area (Å²) in [6, 6.07) is 0. The fourth-order valence-electron chi connectivity index (χ4n) is 1.18. The smallest absolute Gasteiger partial charge is 0.223 e. The minimum Gasteiger partial charge on any atom is -0.408 e. The zero-order valence-corrected chi connectivity index (χ0v) is 9.37. The fourth-order valence-corrected chi connectivity index (χ4v) is 1.40. The third-order valence-corrected chi connectivity index (χ3v) is 2.22. The van der Waals surface area contributed by atoms with Gasteiger partial charge in [0.1, 0.15) is 24.6 Å². The SMILES string of the molecule is Nc1nc(Cl)c2ncn(OC[C@@H](O)CO)c2n1. The molecule has 1 atom stereocenters. The largest absolute Gasteiger partial charge is 0.408 e. The number of fused-ring (bicyclic) bond motifs is 1. The zero-order valence-electron chi connectivity index (χ0n) is 8.62. The van der Waals surface area contributed by atoms with Crippen LogP contribution in [-0.4, -0.2) is 49.2 Å². The predicted molar refractivity (Wildman–Crippen MR) is 59.3 cm³/mol. The quantitative estimate of drug-likeness (QED) is 0.593. The first kappa shape index (κ1) is 11.8. The van der Waals surface area contributed by atoms with Crippen molar-refractivity contribution < 1.29 is 15.1 Å². The van der Waals surface area contributed by atoms with Crippen molar-refractivity contribution in [3.05, 3.63) is 11.5 Å². The second-order valence-electron chi connectivity index (χ2n) is 3.25. The van der Waals surface area contributed by atoms with Gasteiger partial charge in [-0.15, -0.1) is 0 Å². The fraction of sp³-hybridized carbons (Fsp3) is 0.375. The molecule has 0 saturated heterocycles. The van der Waals surface area contributed by atoms with Crippen LogP contribution in [0.4, 0.5) is 5.95 Å². The Kier molecular flexibility index (Phi) is 3.27. The highest BCUT2D eigenvalue weighted by Crippen LogP contribution is 2.18. The summed E-state index contributed by atoms with van der Waals surface area (Å²) in [4.78, 5) is 16.8. The van der Waals surface area contributed by atoms with Crippen molar-refractivity contribution in [1.29, 1.82) is 0 Å². The van der Waals surface area contributed by atoms with E-state index in [4.69, 9.17) is 32.4 Å². The Balaban J connectivity index is 2.29. The molecule has 0 aromatic carbocycles. The minimum absolute atomic E-state index is 0.00411. The monoisotopic (exact) mass is 259 g/mol. The summed E-state index contributed by atoms with van der Waals surface area (Å²) in [6.07, 6.45) is 0.344. The molecule has 8 nitrogen and oxygen atoms in total. The van der Waals surface area contributed by atoms with Crippen LogP contribution in [0.5, 0.6) is 0 Å². The van der Waals surface area contributed by atoms with Gasteiger partial charge >= 0.3 is 0 Å². The molecule has 2 aromatic heterocycles. The zero-order chi connectivity index (χ0) is 12.4. The number of nitrogen functional groups attached to an aromatic ring is 1. The van der Waals surface area contributed by atoms with E-state index in [1.54, 1.807) is 0 Å². The van der Waals surface area contributed by atoms with E-state index in [-0.39, 0.29) is 17.7 Å². The Bertz CT molecular complexity index is 531. The van der Waals surface area contributed by atoms with Crippen LogP contribution in [0, 0.1) is 0 Å². The van der Waals surface area contributed by atoms with Crippen LogP contribution in [0.25, 0.3) is 11.2 Å². The lowest BCUT2D eigenvalue weighted by Gasteiger charge is -2.09. The van der Waals surface area contributed by atoms with Gasteiger partial charge in [0.15, 0.2) is 5.15 Å². The summed E-state index contributed by atoms with van der Waals surface area (Å²) in [5.74, 6) is -0.00411. The molecule has 0 aliphatic rings. The van der Waals surface area contributed by atoms with Crippen molar-refractivity contribution in [2.75, 3.05) is 18.9 Å². The number of hydrogen-bond donors (Lipinski definition) is 3. The Labute approximate surface area is 101 Å². The molecule has 0 radical (unpaired) electrons. The molecule has 0 amide bonds. The van der Waals surface area contributed by atoms with E-state index in [9.17, 15) is 0 Å². The molecule has 9 heteroatoms. The molecule has 2 rings (SSSR count). The molecule has 92 valence electrons. The van der Waals surface area contributed by atoms with Crippen molar-refractivity contribution >= 4 is 28.7 Å². The molecule has 0 aliphatic heterocycles. The lowest BCUT2D eigenvalue weighted by Crippen LogP contribution is -2.26. The maximum atomic E-state index is 9.15. The molecular weight excluding hydrogens is 250 g/mol. The second-order valence-corrected chi connectivity index (χ2v) is 3.61. The van der Waals surface area contributed by atoms with Gasteiger partial charge in [0.05, 0.1) is 6.61 Å². The van der Waals surface area contributed by atoms with Crippen molar-refractivity contribution in [3.8, 4) is 0 Å². The van der Waals surface area contributed by atoms with Gasteiger partial charge < -0.3 is 20.8 Å². The highest BCUT2D eigenvalue weighted by atomic mass is 35.5. The van der Waals surface area contributed by atoms with E-state index in [1.165, 1.54) is 11.1 Å². The first-order valence-electron chi connectivity index (χ1n) is 4.70. The molecule has 2 aromatic rings. The summed E-state index contributed by atoms with van der Waals surface area (Å²) >= 11 is 5.81. The number of halogens is 1. The maximum Gasteiger partial charge on any atom is 0.223 e. The Morgan fingerprint density at radius 1 is 1.53 bits per heavy atom. The second kappa shape index (κ2) is 4.70. The van der Waals surface area contributed by atoms with Crippen LogP contribution in [0.15, 0.2) is 6.33 Å². The number of nitrogens with two attached hydrogens (primary N) is 1. The molecule has 0 unspecified atom stereocenters. The maximum absolute atomic E-state index is 9.15. The van der Waals surface area contributed by atoms with Gasteiger partial charge in [-0.1, -0.05) is 11.6 Å². The standard InChI is InChI=1S/C8H10ClN5O3/c9-6-5-7(13-8(10)12-6)14(3-11-5)17-2-4(16)1-15/h3-4,15-16H,1-2H2,(H2,10,12,13)/t4-/m0/s1. The molecule has 2 heterocycles. The molecule has 0 bridgehead atoms. The van der Waals surface area contributed by atoms with Gasteiger partial charge in [0, 0.05) is 0 Å². The van der Waals surface area contributed by atoms with Crippen molar-refractivity contribution in [3.63, 3.8) is 0 Å². The molecule has 0 aliphatic carbocycles. The number of imidazole rings is 1. The summed E-state index contributed by atoms with van der Waals surface area (Å²) in [6.45, 7) is -0.506. The van der Waals surface area contributed by atoms with Crippen LogP contribution in [-0.2, 0) is 0 Å². The lowest BCUT2D eigenvalue weighted by molar-refractivity contribution is 0.00239. The summed E-state index contributed by atoms with van der Waals surface area (Å²) in [5.41, 5.74) is 6.09. The third kappa shape index (κ3) is 2.38. The molecular formula is C8H10ClN5O3. The van der Waals surface area contributed by atoms with E-state index < -0.39 is 12.7 Å². The van der Waals surface area contributed by atoms with Crippen LogP contribution in [0.3, 0.4) is 0 Å². The highest BCUT2D eigenvalue weighted by Gasteiger charge is 2.12. The summed E-state index contributed by atoms with van der Waals surface area (Å²) < 4.78 is 1.21. The Morgan fingerprint density at radius 2 is 2.29 bits per heavy atom. The van der Waals surface area contributed by atoms with Gasteiger partial charge in [-0.05, 0) is 0 Å². The van der Waals surface area contributed by atoms with Crippen LogP contribution < -0.4 is 10.6 Å². The molecule has 17 heavy (non-hydrogen) atoms. The average molecular weight is 260 g/mol. The third-order valence-electron chi connectivity index (χ3n) is 1.96. The van der Waals surface area contributed by atoms with E-state index >= 15 is 0 Å². The number of aromatic nitrogens is 4. The van der Waals surface area contributed by atoms with Crippen molar-refractivity contribution in [2.24, 2.45) is 0 Å². The van der Waals surface area contributed by atoms with Crippen molar-refractivity contribution in [2.45, 2.75) is 6.10 Å². The highest BCUT2D eigenvalue weighted by molar-refractivity contribution is 6.33. The van der Waals surface area contributed by atoms with E-state index in [2.05, 4.69) is 15.0 Å². The molecule has 0 fully saturated rings. The van der Waals surface area contributed by atoms with E-state index in [0.717, 1.165) is 0 Å². The van der Waals surface area contributed by atoms with Gasteiger partial charge in [-0.25, -0.2) is 4.98 Å². The van der Waals surface area contributed by atoms with Gasteiger partial charge in [0.25, 0.3) is 0 Å². The van der Waals surface area contributed by atoms with Gasteiger partial charge in [0.2, 0.25) is 11.6 Å². The first-order valence-corrected chi connectivity index (χ1v) is 5.08. The van der Waals surface area contributed by atoms with Crippen LogP contribution in [0.1, 0.15) is 0 Å². The van der Waals surface area contributed by atoms with Gasteiger partial charge in [-0.3, -0.25) is 0 Å². The topological polar surface area (TPSA) is 119 Å². The molecule has 0 spiro atoms. The van der Waals surface area contributed by atoms with E-state index in [1.807, 2.05) is 0 Å². The normalized spacial score (nSPS) is 12.9. The minimum atomic E-state index is -0.984. The number of aliphatic hydroxyl groups excluding tert-OH is 2.